The number of rotatable bonds is 18. The fourth-order valence-corrected chi connectivity index (χ4v) is 12.3. The van der Waals surface area contributed by atoms with Gasteiger partial charge < -0.3 is 40.1 Å². The highest BCUT2D eigenvalue weighted by Gasteiger charge is 2.36. The van der Waals surface area contributed by atoms with Gasteiger partial charge in [0.25, 0.3) is 5.91 Å². The van der Waals surface area contributed by atoms with Crippen LogP contribution in [0.1, 0.15) is 122 Å². The Kier molecular flexibility index (Phi) is 20.1. The van der Waals surface area contributed by atoms with E-state index < -0.39 is 35.4 Å². The smallest absolute Gasteiger partial charge is 0.411 e. The standard InChI is InChI=1S/C61H80ClF2N11O7/c1-41-31-52(76)56-55(41)57(68-40-67-56)71-27-29-73(30-28-71)59(80)50(43-10-13-48(62)14-11-43)34-65-18-19-66-53(77)38-69-21-16-42(17-22-69)35-70-23-25-72(26-24-70)58(79)45-8-5-7-44(32-45)46-9-6-20-74(36-46)54(78)39-75(60(81)82-61(2,3)4)37-47-12-15-49(63)33-51(47)64/h5,7-8,10-15,32-33,40-42,46,50,52,65,76H,6,9,16-31,34-39H2,1-4H3,(H,66,77)/t41-,46?,50-,52-/m1/s1. The Labute approximate surface area is 485 Å². The predicted molar refractivity (Wildman–Crippen MR) is 308 cm³/mol. The summed E-state index contributed by atoms with van der Waals surface area (Å²) in [5, 5.41) is 17.6. The fraction of sp³-hybridized carbons (Fsp3) is 0.557. The number of benzene rings is 3. The molecular formula is C61H80ClF2N11O7. The van der Waals surface area contributed by atoms with Crippen LogP contribution in [0, 0.1) is 17.6 Å². The predicted octanol–water partition coefficient (Wildman–Crippen LogP) is 6.40. The number of nitrogens with zero attached hydrogens (tertiary/aromatic N) is 9. The van der Waals surface area contributed by atoms with Gasteiger partial charge >= 0.3 is 6.09 Å². The average molecular weight is 1150 g/mol. The third-order valence-electron chi connectivity index (χ3n) is 16.7. The number of fused-ring (bicyclic) bond motifs is 1. The van der Waals surface area contributed by atoms with E-state index in [1.54, 1.807) is 37.8 Å². The summed E-state index contributed by atoms with van der Waals surface area (Å²) in [6, 6.07) is 18.2. The van der Waals surface area contributed by atoms with Crippen LogP contribution in [0.15, 0.2) is 73.1 Å². The number of hydrogen-bond acceptors (Lipinski definition) is 13. The van der Waals surface area contributed by atoms with E-state index in [0.717, 1.165) is 97.9 Å². The number of piperidine rings is 2. The molecular weight excluding hydrogens is 1070 g/mol. The van der Waals surface area contributed by atoms with Crippen LogP contribution in [0.2, 0.25) is 5.02 Å². The monoisotopic (exact) mass is 1150 g/mol. The maximum atomic E-state index is 14.7. The summed E-state index contributed by atoms with van der Waals surface area (Å²) in [6.07, 6.45) is 4.33. The molecule has 5 heterocycles. The Morgan fingerprint density at radius 1 is 0.829 bits per heavy atom. The lowest BCUT2D eigenvalue weighted by Crippen LogP contribution is -2.51. The summed E-state index contributed by atoms with van der Waals surface area (Å²) in [7, 11) is 0. The number of piperazine rings is 2. The molecule has 5 amide bonds. The van der Waals surface area contributed by atoms with Crippen molar-refractivity contribution in [3.05, 3.63) is 123 Å². The number of carbonyl (C=O) groups excluding carboxylic acids is 5. The molecule has 18 nitrogen and oxygen atoms in total. The lowest BCUT2D eigenvalue weighted by molar-refractivity contribution is -0.134. The number of ether oxygens (including phenoxy) is 1. The number of hydrogen-bond donors (Lipinski definition) is 3. The van der Waals surface area contributed by atoms with E-state index in [1.807, 2.05) is 46.2 Å². The van der Waals surface area contributed by atoms with Gasteiger partial charge in [-0.3, -0.25) is 33.9 Å². The molecule has 0 radical (unpaired) electrons. The normalized spacial score (nSPS) is 20.6. The van der Waals surface area contributed by atoms with Crippen LogP contribution in [-0.2, 0) is 25.7 Å². The Morgan fingerprint density at radius 2 is 1.56 bits per heavy atom. The minimum atomic E-state index is -0.857. The van der Waals surface area contributed by atoms with Crippen molar-refractivity contribution in [2.24, 2.45) is 5.92 Å². The first-order valence-electron chi connectivity index (χ1n) is 29.2. The van der Waals surface area contributed by atoms with Crippen molar-refractivity contribution < 1.29 is 42.6 Å². The lowest BCUT2D eigenvalue weighted by atomic mass is 9.89. The van der Waals surface area contributed by atoms with Gasteiger partial charge in [-0.05, 0) is 119 Å². The first kappa shape index (κ1) is 60.3. The van der Waals surface area contributed by atoms with E-state index in [1.165, 1.54) is 12.4 Å². The van der Waals surface area contributed by atoms with E-state index in [0.29, 0.717) is 107 Å². The van der Waals surface area contributed by atoms with Crippen LogP contribution >= 0.6 is 11.6 Å². The van der Waals surface area contributed by atoms with Crippen LogP contribution < -0.4 is 15.5 Å². The summed E-state index contributed by atoms with van der Waals surface area (Å²) < 4.78 is 33.9. The number of aliphatic hydroxyl groups is 1. The number of carbonyl (C=O) groups is 5. The Morgan fingerprint density at radius 3 is 2.28 bits per heavy atom. The fourth-order valence-electron chi connectivity index (χ4n) is 12.2. The molecule has 21 heteroatoms. The van der Waals surface area contributed by atoms with Gasteiger partial charge in [-0.2, -0.15) is 0 Å². The number of amides is 5. The minimum absolute atomic E-state index is 0.0206. The Hall–Kier alpha value is -6.32. The second-order valence-corrected chi connectivity index (χ2v) is 24.2. The van der Waals surface area contributed by atoms with Crippen molar-refractivity contribution in [2.75, 3.05) is 123 Å². The zero-order chi connectivity index (χ0) is 58.1. The molecule has 0 bridgehead atoms. The molecule has 9 rings (SSSR count). The molecule has 0 saturated carbocycles. The van der Waals surface area contributed by atoms with Gasteiger partial charge in [0.15, 0.2) is 0 Å². The molecule has 442 valence electrons. The van der Waals surface area contributed by atoms with Gasteiger partial charge in [-0.15, -0.1) is 0 Å². The number of likely N-dealkylation sites (tertiary alicyclic amines) is 2. The number of nitrogens with one attached hydrogen (secondary N) is 2. The third-order valence-corrected chi connectivity index (χ3v) is 16.9. The molecule has 4 aromatic rings. The van der Waals surface area contributed by atoms with E-state index in [9.17, 15) is 37.9 Å². The molecule has 0 spiro atoms. The summed E-state index contributed by atoms with van der Waals surface area (Å²) >= 11 is 6.24. The van der Waals surface area contributed by atoms with Crippen molar-refractivity contribution in [1.82, 2.24) is 50.0 Å². The van der Waals surface area contributed by atoms with Crippen molar-refractivity contribution in [2.45, 2.75) is 95.8 Å². The van der Waals surface area contributed by atoms with Gasteiger partial charge in [0, 0.05) is 125 Å². The largest absolute Gasteiger partial charge is 0.444 e. The molecule has 1 aliphatic carbocycles. The summed E-state index contributed by atoms with van der Waals surface area (Å²) in [4.78, 5) is 90.7. The Balaban J connectivity index is 0.669. The van der Waals surface area contributed by atoms with Crippen molar-refractivity contribution >= 4 is 47.1 Å². The number of anilines is 1. The summed E-state index contributed by atoms with van der Waals surface area (Å²) in [5.41, 5.74) is 3.37. The van der Waals surface area contributed by atoms with Gasteiger partial charge in [-0.1, -0.05) is 48.9 Å². The molecule has 4 saturated heterocycles. The highest BCUT2D eigenvalue weighted by molar-refractivity contribution is 6.30. The first-order valence-corrected chi connectivity index (χ1v) is 29.6. The van der Waals surface area contributed by atoms with Crippen LogP contribution in [0.5, 0.6) is 0 Å². The number of aromatic nitrogens is 2. The molecule has 4 aliphatic heterocycles. The molecule has 1 aromatic heterocycles. The second kappa shape index (κ2) is 27.4. The Bertz CT molecular complexity index is 2870. The molecule has 3 N–H and O–H groups in total. The molecule has 4 fully saturated rings. The minimum Gasteiger partial charge on any atom is -0.444 e. The van der Waals surface area contributed by atoms with Gasteiger partial charge in [-0.25, -0.2) is 23.5 Å². The maximum absolute atomic E-state index is 14.7. The molecule has 4 atom stereocenters. The van der Waals surface area contributed by atoms with Gasteiger partial charge in [0.1, 0.15) is 35.9 Å². The van der Waals surface area contributed by atoms with Gasteiger partial charge in [0.05, 0.1) is 30.8 Å². The quantitative estimate of drug-likeness (QED) is 0.0931. The van der Waals surface area contributed by atoms with E-state index in [4.69, 9.17) is 16.3 Å². The third kappa shape index (κ3) is 15.7. The van der Waals surface area contributed by atoms with Crippen LogP contribution in [0.4, 0.5) is 19.4 Å². The van der Waals surface area contributed by atoms with Crippen molar-refractivity contribution in [3.63, 3.8) is 0 Å². The van der Waals surface area contributed by atoms with Crippen LogP contribution in [0.3, 0.4) is 0 Å². The molecule has 5 aliphatic rings. The highest BCUT2D eigenvalue weighted by atomic mass is 35.5. The second-order valence-electron chi connectivity index (χ2n) is 23.8. The van der Waals surface area contributed by atoms with E-state index >= 15 is 0 Å². The topological polar surface area (TPSA) is 187 Å². The molecule has 1 unspecified atom stereocenters. The molecule has 3 aromatic carbocycles. The number of halogens is 3. The van der Waals surface area contributed by atoms with Crippen LogP contribution in [0.25, 0.3) is 0 Å². The summed E-state index contributed by atoms with van der Waals surface area (Å²) in [5.74, 6) is -0.830. The zero-order valence-electron chi connectivity index (χ0n) is 47.8. The maximum Gasteiger partial charge on any atom is 0.411 e. The SMILES string of the molecule is C[C@@H]1C[C@@H](O)c2ncnc(N3CCN(C(=O)[C@H](CNCCNC(=O)CN4CCC(CN5CCN(C(=O)c6cccc(C7CCCN(C(=O)CN(Cc8ccc(F)cc8F)C(=O)OC(C)(C)C)C7)c6)CC5)CC4)c4ccc(Cl)cc4)CC3)c21. The number of aliphatic hydroxyl groups excluding tert-OH is 1. The zero-order valence-corrected chi connectivity index (χ0v) is 48.6. The van der Waals surface area contributed by atoms with Crippen molar-refractivity contribution in [3.8, 4) is 0 Å². The average Bonchev–Trinajstić information content (AvgIpc) is 3.97. The van der Waals surface area contributed by atoms with Gasteiger partial charge in [0.2, 0.25) is 17.7 Å². The molecule has 82 heavy (non-hydrogen) atoms. The van der Waals surface area contributed by atoms with Crippen LogP contribution in [-0.4, -0.2) is 198 Å². The first-order chi connectivity index (χ1) is 39.3. The van der Waals surface area contributed by atoms with Crippen molar-refractivity contribution in [1.29, 1.82) is 0 Å². The summed E-state index contributed by atoms with van der Waals surface area (Å²) in [6.45, 7) is 16.9. The van der Waals surface area contributed by atoms with E-state index in [-0.39, 0.29) is 54.1 Å². The highest BCUT2D eigenvalue weighted by Crippen LogP contribution is 2.43. The van der Waals surface area contributed by atoms with E-state index in [2.05, 4.69) is 42.2 Å². The lowest BCUT2D eigenvalue weighted by Gasteiger charge is -2.39.